The maximum atomic E-state index is 11.8. The number of benzene rings is 1. The zero-order chi connectivity index (χ0) is 28.8. The van der Waals surface area contributed by atoms with E-state index in [1.807, 2.05) is 6.92 Å². The number of carboxylic acids is 5. The van der Waals surface area contributed by atoms with E-state index in [2.05, 4.69) is 0 Å². The standard InChI is InChI=1S/C24H35N3O11/c1-3-38-19-6-4-17(5-7-19)8-18(10-26(13-22(32)33)14-23(34)35)27(15-24(36)37)16(2)9-25(11-20(28)29)12-21(30)31/h4-7,16,18H,3,8-15H2,1-2H3,(H,28,29)(H,30,31)(H,32,33)(H,34,35)(H,36,37)/t16-,18-/m0/s1. The molecule has 0 aliphatic carbocycles. The lowest BCUT2D eigenvalue weighted by molar-refractivity contribution is -0.144. The van der Waals surface area contributed by atoms with Gasteiger partial charge in [0.25, 0.3) is 0 Å². The monoisotopic (exact) mass is 541 g/mol. The molecule has 14 heteroatoms. The van der Waals surface area contributed by atoms with Crippen LogP contribution in [0.1, 0.15) is 19.4 Å². The molecule has 38 heavy (non-hydrogen) atoms. The van der Waals surface area contributed by atoms with Gasteiger partial charge in [0, 0.05) is 25.2 Å². The van der Waals surface area contributed by atoms with Crippen LogP contribution < -0.4 is 4.74 Å². The minimum Gasteiger partial charge on any atom is -0.494 e. The number of hydrogen-bond acceptors (Lipinski definition) is 9. The first-order valence-corrected chi connectivity index (χ1v) is 11.8. The van der Waals surface area contributed by atoms with Crippen molar-refractivity contribution in [3.63, 3.8) is 0 Å². The van der Waals surface area contributed by atoms with Crippen LogP contribution in [0, 0.1) is 0 Å². The second kappa shape index (κ2) is 16.2. The van der Waals surface area contributed by atoms with Crippen LogP contribution in [0.4, 0.5) is 0 Å². The molecule has 0 aliphatic heterocycles. The van der Waals surface area contributed by atoms with E-state index >= 15 is 0 Å². The fourth-order valence-corrected chi connectivity index (χ4v) is 4.16. The second-order valence-electron chi connectivity index (χ2n) is 8.76. The predicted molar refractivity (Wildman–Crippen MR) is 132 cm³/mol. The normalized spacial score (nSPS) is 12.9. The number of carbonyl (C=O) groups is 5. The van der Waals surface area contributed by atoms with Gasteiger partial charge in [-0.1, -0.05) is 12.1 Å². The Labute approximate surface area is 219 Å². The summed E-state index contributed by atoms with van der Waals surface area (Å²) in [7, 11) is 0. The number of aliphatic carboxylic acids is 5. The van der Waals surface area contributed by atoms with Crippen LogP contribution in [0.5, 0.6) is 5.75 Å². The van der Waals surface area contributed by atoms with Crippen LogP contribution in [0.2, 0.25) is 0 Å². The van der Waals surface area contributed by atoms with E-state index < -0.39 is 74.7 Å². The molecule has 0 aliphatic rings. The molecule has 0 bridgehead atoms. The Morgan fingerprint density at radius 2 is 1.13 bits per heavy atom. The van der Waals surface area contributed by atoms with E-state index in [1.165, 1.54) is 4.90 Å². The highest BCUT2D eigenvalue weighted by Crippen LogP contribution is 2.18. The SMILES string of the molecule is CCOc1ccc(C[C@@H](CN(CC(=O)O)CC(=O)O)N(CC(=O)O)[C@@H](C)CN(CC(=O)O)CC(=O)O)cc1. The van der Waals surface area contributed by atoms with E-state index in [4.69, 9.17) is 4.74 Å². The first-order valence-electron chi connectivity index (χ1n) is 11.8. The van der Waals surface area contributed by atoms with Crippen molar-refractivity contribution in [2.75, 3.05) is 52.4 Å². The van der Waals surface area contributed by atoms with Gasteiger partial charge in [-0.15, -0.1) is 0 Å². The van der Waals surface area contributed by atoms with Gasteiger partial charge < -0.3 is 30.3 Å². The Bertz CT molecular complexity index is 922. The van der Waals surface area contributed by atoms with Gasteiger partial charge in [0.2, 0.25) is 0 Å². The summed E-state index contributed by atoms with van der Waals surface area (Å²) in [6, 6.07) is 5.51. The Balaban J connectivity index is 3.39. The Hall–Kier alpha value is -3.75. The summed E-state index contributed by atoms with van der Waals surface area (Å²) in [5.74, 6) is -5.66. The largest absolute Gasteiger partial charge is 0.494 e. The summed E-state index contributed by atoms with van der Waals surface area (Å²) < 4.78 is 5.43. The highest BCUT2D eigenvalue weighted by molar-refractivity contribution is 5.73. The van der Waals surface area contributed by atoms with Gasteiger partial charge >= 0.3 is 29.8 Å². The van der Waals surface area contributed by atoms with Crippen LogP contribution in [0.3, 0.4) is 0 Å². The summed E-state index contributed by atoms with van der Waals surface area (Å²) in [6.07, 6.45) is 0.192. The van der Waals surface area contributed by atoms with E-state index in [-0.39, 0.29) is 19.5 Å². The molecule has 0 amide bonds. The van der Waals surface area contributed by atoms with Gasteiger partial charge in [-0.3, -0.25) is 38.7 Å². The van der Waals surface area contributed by atoms with Crippen molar-refractivity contribution >= 4 is 29.8 Å². The number of ether oxygens (including phenoxy) is 1. The topological polar surface area (TPSA) is 205 Å². The molecule has 5 N–H and O–H groups in total. The number of hydrogen-bond donors (Lipinski definition) is 5. The van der Waals surface area contributed by atoms with Crippen LogP contribution in [0.15, 0.2) is 24.3 Å². The molecule has 0 saturated carbocycles. The molecule has 0 heterocycles. The van der Waals surface area contributed by atoms with Crippen LogP contribution in [0.25, 0.3) is 0 Å². The second-order valence-corrected chi connectivity index (χ2v) is 8.76. The molecular formula is C24H35N3O11. The first-order chi connectivity index (χ1) is 17.8. The number of rotatable bonds is 20. The van der Waals surface area contributed by atoms with Crippen molar-refractivity contribution in [1.82, 2.24) is 14.7 Å². The van der Waals surface area contributed by atoms with Gasteiger partial charge in [-0.25, -0.2) is 0 Å². The third-order valence-electron chi connectivity index (χ3n) is 5.49. The fraction of sp³-hybridized carbons (Fsp3) is 0.542. The zero-order valence-corrected chi connectivity index (χ0v) is 21.4. The van der Waals surface area contributed by atoms with Crippen LogP contribution in [-0.2, 0) is 30.4 Å². The molecular weight excluding hydrogens is 506 g/mol. The minimum absolute atomic E-state index is 0.122. The van der Waals surface area contributed by atoms with Gasteiger partial charge in [-0.2, -0.15) is 0 Å². The molecule has 212 valence electrons. The van der Waals surface area contributed by atoms with Crippen molar-refractivity contribution in [1.29, 1.82) is 0 Å². The summed E-state index contributed by atoms with van der Waals surface area (Å²) >= 11 is 0. The summed E-state index contributed by atoms with van der Waals surface area (Å²) in [5, 5.41) is 46.6. The molecule has 0 radical (unpaired) electrons. The molecule has 1 aromatic carbocycles. The lowest BCUT2D eigenvalue weighted by Crippen LogP contribution is -2.55. The average Bonchev–Trinajstić information content (AvgIpc) is 2.76. The molecule has 1 rings (SSSR count). The van der Waals surface area contributed by atoms with E-state index in [1.54, 1.807) is 31.2 Å². The van der Waals surface area contributed by atoms with Crippen molar-refractivity contribution in [2.24, 2.45) is 0 Å². The Morgan fingerprint density at radius 3 is 1.53 bits per heavy atom. The van der Waals surface area contributed by atoms with Gasteiger partial charge in [0.15, 0.2) is 0 Å². The number of carboxylic acid groups (broad SMARTS) is 5. The minimum atomic E-state index is -1.27. The predicted octanol–water partition coefficient (Wildman–Crippen LogP) is -0.286. The smallest absolute Gasteiger partial charge is 0.317 e. The van der Waals surface area contributed by atoms with E-state index in [9.17, 15) is 49.5 Å². The molecule has 0 unspecified atom stereocenters. The number of nitrogens with zero attached hydrogens (tertiary/aromatic N) is 3. The van der Waals surface area contributed by atoms with Gasteiger partial charge in [0.05, 0.1) is 39.3 Å². The molecule has 14 nitrogen and oxygen atoms in total. The Kier molecular flexibility index (Phi) is 13.7. The summed E-state index contributed by atoms with van der Waals surface area (Å²) in [4.78, 5) is 60.9. The maximum Gasteiger partial charge on any atom is 0.317 e. The summed E-state index contributed by atoms with van der Waals surface area (Å²) in [5.41, 5.74) is 0.736. The first kappa shape index (κ1) is 32.3. The van der Waals surface area contributed by atoms with Gasteiger partial charge in [0.1, 0.15) is 5.75 Å². The fourth-order valence-electron chi connectivity index (χ4n) is 4.16. The van der Waals surface area contributed by atoms with Crippen LogP contribution in [-0.4, -0.2) is 135 Å². The molecule has 1 aromatic rings. The average molecular weight is 542 g/mol. The lowest BCUT2D eigenvalue weighted by Gasteiger charge is -2.39. The van der Waals surface area contributed by atoms with Crippen LogP contribution >= 0.6 is 0 Å². The molecule has 0 fully saturated rings. The highest BCUT2D eigenvalue weighted by atomic mass is 16.5. The maximum absolute atomic E-state index is 11.8. The third kappa shape index (κ3) is 13.0. The summed E-state index contributed by atoms with van der Waals surface area (Å²) in [6.45, 7) is 0.688. The van der Waals surface area contributed by atoms with Gasteiger partial charge in [-0.05, 0) is 38.0 Å². The van der Waals surface area contributed by atoms with E-state index in [0.29, 0.717) is 12.4 Å². The highest BCUT2D eigenvalue weighted by Gasteiger charge is 2.31. The van der Waals surface area contributed by atoms with E-state index in [0.717, 1.165) is 15.4 Å². The van der Waals surface area contributed by atoms with Crippen molar-refractivity contribution in [3.8, 4) is 5.75 Å². The Morgan fingerprint density at radius 1 is 0.711 bits per heavy atom. The molecule has 0 aromatic heterocycles. The molecule has 0 spiro atoms. The lowest BCUT2D eigenvalue weighted by atomic mass is 10.0. The quantitative estimate of drug-likeness (QED) is 0.144. The third-order valence-corrected chi connectivity index (χ3v) is 5.49. The van der Waals surface area contributed by atoms with Crippen molar-refractivity contribution in [2.45, 2.75) is 32.4 Å². The van der Waals surface area contributed by atoms with Crippen molar-refractivity contribution in [3.05, 3.63) is 29.8 Å². The molecule has 0 saturated heterocycles. The zero-order valence-electron chi connectivity index (χ0n) is 21.4. The van der Waals surface area contributed by atoms with Crippen molar-refractivity contribution < 1.29 is 54.2 Å². The molecule has 2 atom stereocenters.